The van der Waals surface area contributed by atoms with Gasteiger partial charge in [-0.2, -0.15) is 0 Å². The molecule has 0 aliphatic heterocycles. The van der Waals surface area contributed by atoms with Gasteiger partial charge in [-0.25, -0.2) is 0 Å². The fourth-order valence-corrected chi connectivity index (χ4v) is 3.28. The van der Waals surface area contributed by atoms with E-state index < -0.39 is 0 Å². The molecule has 0 atom stereocenters. The van der Waals surface area contributed by atoms with Gasteiger partial charge >= 0.3 is 0 Å². The van der Waals surface area contributed by atoms with Crippen LogP contribution in [0.3, 0.4) is 0 Å². The summed E-state index contributed by atoms with van der Waals surface area (Å²) >= 11 is 0. The van der Waals surface area contributed by atoms with Gasteiger partial charge in [-0.3, -0.25) is 14.9 Å². The molecule has 0 spiro atoms. The van der Waals surface area contributed by atoms with Gasteiger partial charge in [-0.1, -0.05) is 54.6 Å². The average Bonchev–Trinajstić information content (AvgIpc) is 2.70. The van der Waals surface area contributed by atoms with Crippen LogP contribution in [0.25, 0.3) is 10.8 Å². The Balaban J connectivity index is 1.63. The fraction of sp³-hybridized carbons (Fsp3) is 0.130. The van der Waals surface area contributed by atoms with Crippen molar-refractivity contribution in [2.75, 3.05) is 0 Å². The molecular formula is C23H21N3. The van der Waals surface area contributed by atoms with Gasteiger partial charge in [-0.05, 0) is 40.6 Å². The minimum absolute atomic E-state index is 0.792. The lowest BCUT2D eigenvalue weighted by molar-refractivity contribution is 0.242. The normalized spacial score (nSPS) is 11.1. The van der Waals surface area contributed by atoms with E-state index in [4.69, 9.17) is 0 Å². The first-order valence-electron chi connectivity index (χ1n) is 8.87. The Bertz CT molecular complexity index is 921. The maximum Gasteiger partial charge on any atom is 0.0544 e. The zero-order chi connectivity index (χ0) is 17.6. The summed E-state index contributed by atoms with van der Waals surface area (Å²) < 4.78 is 0. The SMILES string of the molecule is c1ccc(CN(Cc2ccccn2)Cc2cccc3ccccc23)nc1. The van der Waals surface area contributed by atoms with Crippen LogP contribution in [0.2, 0.25) is 0 Å². The number of nitrogens with zero attached hydrogens (tertiary/aromatic N) is 3. The van der Waals surface area contributed by atoms with Gasteiger partial charge < -0.3 is 0 Å². The van der Waals surface area contributed by atoms with E-state index in [1.54, 1.807) is 0 Å². The monoisotopic (exact) mass is 339 g/mol. The zero-order valence-corrected chi connectivity index (χ0v) is 14.6. The summed E-state index contributed by atoms with van der Waals surface area (Å²) in [6, 6.07) is 27.2. The number of hydrogen-bond acceptors (Lipinski definition) is 3. The Hall–Kier alpha value is -3.04. The van der Waals surface area contributed by atoms with E-state index in [9.17, 15) is 0 Å². The third-order valence-corrected chi connectivity index (χ3v) is 4.50. The highest BCUT2D eigenvalue weighted by Crippen LogP contribution is 2.21. The lowest BCUT2D eigenvalue weighted by Crippen LogP contribution is -2.23. The molecule has 128 valence electrons. The van der Waals surface area contributed by atoms with Crippen LogP contribution < -0.4 is 0 Å². The van der Waals surface area contributed by atoms with Crippen molar-refractivity contribution in [1.82, 2.24) is 14.9 Å². The Morgan fingerprint density at radius 1 is 0.577 bits per heavy atom. The molecule has 3 heteroatoms. The molecule has 2 aromatic heterocycles. The van der Waals surface area contributed by atoms with Gasteiger partial charge in [0.15, 0.2) is 0 Å². The smallest absolute Gasteiger partial charge is 0.0544 e. The predicted octanol–water partition coefficient (Wildman–Crippen LogP) is 4.83. The number of rotatable bonds is 6. The number of benzene rings is 2. The van der Waals surface area contributed by atoms with E-state index >= 15 is 0 Å². The molecule has 0 unspecified atom stereocenters. The fourth-order valence-electron chi connectivity index (χ4n) is 3.28. The number of pyridine rings is 2. The maximum absolute atomic E-state index is 4.50. The molecule has 0 amide bonds. The molecule has 0 fully saturated rings. The van der Waals surface area contributed by atoms with Crippen molar-refractivity contribution in [2.45, 2.75) is 19.6 Å². The van der Waals surface area contributed by atoms with E-state index in [-0.39, 0.29) is 0 Å². The van der Waals surface area contributed by atoms with E-state index in [0.29, 0.717) is 0 Å². The minimum Gasteiger partial charge on any atom is -0.287 e. The first-order chi connectivity index (χ1) is 12.9. The van der Waals surface area contributed by atoms with E-state index in [1.807, 2.05) is 36.7 Å². The lowest BCUT2D eigenvalue weighted by Gasteiger charge is -2.22. The topological polar surface area (TPSA) is 29.0 Å². The standard InChI is InChI=1S/C23H21N3/c1-2-13-23-19(8-1)9-7-10-20(23)16-26(17-21-11-3-5-14-24-21)18-22-12-4-6-15-25-22/h1-15H,16-18H2. The van der Waals surface area contributed by atoms with Gasteiger partial charge in [0.05, 0.1) is 11.4 Å². The van der Waals surface area contributed by atoms with Gasteiger partial charge in [0.2, 0.25) is 0 Å². The van der Waals surface area contributed by atoms with Crippen LogP contribution in [0, 0.1) is 0 Å². The van der Waals surface area contributed by atoms with Gasteiger partial charge in [0.1, 0.15) is 0 Å². The number of fused-ring (bicyclic) bond motifs is 1. The van der Waals surface area contributed by atoms with E-state index in [1.165, 1.54) is 16.3 Å². The highest BCUT2D eigenvalue weighted by Gasteiger charge is 2.11. The summed E-state index contributed by atoms with van der Waals surface area (Å²) in [5.41, 5.74) is 3.47. The first kappa shape index (κ1) is 16.4. The van der Waals surface area contributed by atoms with E-state index in [2.05, 4.69) is 69.5 Å². The molecule has 0 aliphatic rings. The third-order valence-electron chi connectivity index (χ3n) is 4.50. The second kappa shape index (κ2) is 7.89. The zero-order valence-electron chi connectivity index (χ0n) is 14.6. The highest BCUT2D eigenvalue weighted by atomic mass is 15.1. The first-order valence-corrected chi connectivity index (χ1v) is 8.87. The molecule has 2 aromatic carbocycles. The minimum atomic E-state index is 0.792. The number of aromatic nitrogens is 2. The quantitative estimate of drug-likeness (QED) is 0.504. The molecule has 0 bridgehead atoms. The Labute approximate surface area is 154 Å². The van der Waals surface area contributed by atoms with Gasteiger partial charge in [0, 0.05) is 32.0 Å². The second-order valence-electron chi connectivity index (χ2n) is 6.43. The van der Waals surface area contributed by atoms with Gasteiger partial charge in [-0.15, -0.1) is 0 Å². The van der Waals surface area contributed by atoms with Crippen LogP contribution in [-0.4, -0.2) is 14.9 Å². The van der Waals surface area contributed by atoms with Crippen molar-refractivity contribution in [3.05, 3.63) is 108 Å². The molecule has 0 N–H and O–H groups in total. The Morgan fingerprint density at radius 2 is 1.19 bits per heavy atom. The largest absolute Gasteiger partial charge is 0.287 e. The summed E-state index contributed by atoms with van der Waals surface area (Å²) in [4.78, 5) is 11.4. The number of hydrogen-bond donors (Lipinski definition) is 0. The van der Waals surface area contributed by atoms with Crippen molar-refractivity contribution >= 4 is 10.8 Å². The summed E-state index contributed by atoms with van der Waals surface area (Å²) in [6.45, 7) is 2.44. The Kier molecular flexibility index (Phi) is 4.99. The predicted molar refractivity (Wildman–Crippen MR) is 105 cm³/mol. The molecule has 4 rings (SSSR count). The van der Waals surface area contributed by atoms with Crippen molar-refractivity contribution in [3.63, 3.8) is 0 Å². The Morgan fingerprint density at radius 3 is 1.85 bits per heavy atom. The van der Waals surface area contributed by atoms with Crippen molar-refractivity contribution in [2.24, 2.45) is 0 Å². The van der Waals surface area contributed by atoms with Crippen molar-refractivity contribution < 1.29 is 0 Å². The molecule has 0 radical (unpaired) electrons. The summed E-state index contributed by atoms with van der Waals surface area (Å²) in [7, 11) is 0. The molecule has 0 aliphatic carbocycles. The van der Waals surface area contributed by atoms with Crippen LogP contribution in [0.1, 0.15) is 17.0 Å². The molecule has 2 heterocycles. The molecule has 3 nitrogen and oxygen atoms in total. The van der Waals surface area contributed by atoms with Crippen LogP contribution in [0.15, 0.2) is 91.3 Å². The maximum atomic E-state index is 4.50. The summed E-state index contributed by atoms with van der Waals surface area (Å²) in [5.74, 6) is 0. The lowest BCUT2D eigenvalue weighted by atomic mass is 10.0. The van der Waals surface area contributed by atoms with Gasteiger partial charge in [0.25, 0.3) is 0 Å². The summed E-state index contributed by atoms with van der Waals surface area (Å²) in [5, 5.41) is 2.59. The molecule has 0 saturated carbocycles. The van der Waals surface area contributed by atoms with Crippen molar-refractivity contribution in [3.8, 4) is 0 Å². The van der Waals surface area contributed by atoms with E-state index in [0.717, 1.165) is 31.0 Å². The third kappa shape index (κ3) is 3.95. The summed E-state index contributed by atoms with van der Waals surface area (Å²) in [6.07, 6.45) is 3.71. The molecular weight excluding hydrogens is 318 g/mol. The van der Waals surface area contributed by atoms with Crippen LogP contribution in [0.4, 0.5) is 0 Å². The van der Waals surface area contributed by atoms with Crippen LogP contribution in [-0.2, 0) is 19.6 Å². The molecule has 4 aromatic rings. The highest BCUT2D eigenvalue weighted by molar-refractivity contribution is 5.85. The average molecular weight is 339 g/mol. The van der Waals surface area contributed by atoms with Crippen LogP contribution >= 0.6 is 0 Å². The van der Waals surface area contributed by atoms with Crippen molar-refractivity contribution in [1.29, 1.82) is 0 Å². The molecule has 26 heavy (non-hydrogen) atoms. The van der Waals surface area contributed by atoms with Crippen LogP contribution in [0.5, 0.6) is 0 Å². The second-order valence-corrected chi connectivity index (χ2v) is 6.43. The molecule has 0 saturated heterocycles.